The molecular formula is C35H31K2N9O11S2. The normalized spacial score (nSPS) is 11.2. The number of benzene rings is 2. The van der Waals surface area contributed by atoms with Crippen molar-refractivity contribution in [2.45, 2.75) is 9.79 Å². The number of carbonyl (C=O) groups is 5. The summed E-state index contributed by atoms with van der Waals surface area (Å²) in [5, 5.41) is 12.9. The maximum atomic E-state index is 13.3. The number of aromatic nitrogens is 4. The summed E-state index contributed by atoms with van der Waals surface area (Å²) >= 11 is 0. The van der Waals surface area contributed by atoms with Gasteiger partial charge in [0.15, 0.2) is 0 Å². The monoisotopic (exact) mass is 895 g/mol. The van der Waals surface area contributed by atoms with Crippen molar-refractivity contribution in [2.24, 2.45) is 28.2 Å². The van der Waals surface area contributed by atoms with Gasteiger partial charge in [-0.3, -0.25) is 24.0 Å². The zero-order valence-electron chi connectivity index (χ0n) is 32.2. The van der Waals surface area contributed by atoms with Crippen LogP contribution in [0.3, 0.4) is 0 Å². The van der Waals surface area contributed by atoms with E-state index in [4.69, 9.17) is 0 Å². The van der Waals surface area contributed by atoms with Gasteiger partial charge < -0.3 is 54.0 Å². The number of fused-ring (bicyclic) bond motifs is 1. The van der Waals surface area contributed by atoms with E-state index in [-0.39, 0.29) is 153 Å². The van der Waals surface area contributed by atoms with Gasteiger partial charge in [0.05, 0.1) is 32.5 Å². The molecule has 0 bridgehead atoms. The molecule has 4 heterocycles. The van der Waals surface area contributed by atoms with Gasteiger partial charge in [0.1, 0.15) is 43.0 Å². The van der Waals surface area contributed by atoms with Gasteiger partial charge in [-0.2, -0.15) is 0 Å². The van der Waals surface area contributed by atoms with Gasteiger partial charge in [0.2, 0.25) is 6.41 Å². The Kier molecular flexibility index (Phi) is 15.4. The molecule has 0 aliphatic rings. The molecule has 2 aromatic carbocycles. The first-order chi connectivity index (χ1) is 26.7. The molecule has 5 amide bonds. The molecule has 0 spiro atoms. The number of hydrogen-bond acceptors (Lipinski definition) is 11. The van der Waals surface area contributed by atoms with Crippen LogP contribution in [0.2, 0.25) is 0 Å². The van der Waals surface area contributed by atoms with Gasteiger partial charge in [0, 0.05) is 64.1 Å². The number of anilines is 5. The van der Waals surface area contributed by atoms with Crippen LogP contribution >= 0.6 is 0 Å². The SMILES string of the molecule is Cn1cc(NC=O)cc1C(=O)Nc1cc(C(=O)Nc2cc(C(=O)Nc3cc(C(=O)Nc4ccc5cc(S(=O)(=O)[O-])cc(S(=O)(=O)[O-])c5c4)n(C)c3)n(C)c2)n(C)c1.[K+].[K+]. The Morgan fingerprint density at radius 3 is 1.27 bits per heavy atom. The van der Waals surface area contributed by atoms with Crippen molar-refractivity contribution < 1.29 is 153 Å². The number of aryl methyl sites for hydroxylation is 4. The summed E-state index contributed by atoms with van der Waals surface area (Å²) in [6, 6.07) is 10.8. The summed E-state index contributed by atoms with van der Waals surface area (Å²) in [6.45, 7) is 0. The number of carbonyl (C=O) groups excluding carboxylic acids is 5. The summed E-state index contributed by atoms with van der Waals surface area (Å²) in [5.74, 6) is -2.30. The van der Waals surface area contributed by atoms with Crippen molar-refractivity contribution >= 4 is 89.5 Å². The van der Waals surface area contributed by atoms with Crippen LogP contribution in [0.4, 0.5) is 28.4 Å². The van der Waals surface area contributed by atoms with Crippen LogP contribution in [0.5, 0.6) is 0 Å². The van der Waals surface area contributed by atoms with Gasteiger partial charge in [-0.15, -0.1) is 0 Å². The fourth-order valence-electron chi connectivity index (χ4n) is 6.02. The summed E-state index contributed by atoms with van der Waals surface area (Å²) < 4.78 is 76.3. The predicted molar refractivity (Wildman–Crippen MR) is 203 cm³/mol. The maximum Gasteiger partial charge on any atom is 1.00 e. The number of nitrogens with zero attached hydrogens (tertiary/aromatic N) is 4. The topological polar surface area (TPSA) is 280 Å². The second kappa shape index (κ2) is 18.9. The van der Waals surface area contributed by atoms with Crippen LogP contribution in [0, 0.1) is 0 Å². The van der Waals surface area contributed by atoms with E-state index < -0.39 is 53.7 Å². The zero-order valence-corrected chi connectivity index (χ0v) is 40.1. The van der Waals surface area contributed by atoms with Crippen molar-refractivity contribution in [2.75, 3.05) is 26.6 Å². The minimum absolute atomic E-state index is 0. The zero-order chi connectivity index (χ0) is 41.6. The van der Waals surface area contributed by atoms with E-state index >= 15 is 0 Å². The average molecular weight is 896 g/mol. The fraction of sp³-hybridized carbons (Fsp3) is 0.114. The summed E-state index contributed by atoms with van der Waals surface area (Å²) in [5.41, 5.74) is 1.94. The molecule has 0 aliphatic carbocycles. The Morgan fingerprint density at radius 2 is 0.898 bits per heavy atom. The molecule has 0 unspecified atom stereocenters. The molecule has 6 rings (SSSR count). The van der Waals surface area contributed by atoms with Gasteiger partial charge in [-0.25, -0.2) is 16.8 Å². The molecule has 6 aromatic rings. The van der Waals surface area contributed by atoms with Gasteiger partial charge >= 0.3 is 103 Å². The largest absolute Gasteiger partial charge is 1.00 e. The van der Waals surface area contributed by atoms with Gasteiger partial charge in [-0.05, 0) is 53.9 Å². The van der Waals surface area contributed by atoms with E-state index in [9.17, 15) is 49.9 Å². The molecule has 4 aromatic heterocycles. The van der Waals surface area contributed by atoms with Crippen LogP contribution < -0.4 is 129 Å². The summed E-state index contributed by atoms with van der Waals surface area (Å²) in [6.07, 6.45) is 6.56. The molecule has 0 radical (unpaired) electrons. The standard InChI is InChI=1S/C35H33N9O11S2.2K/c1-41-14-21(36-18-45)9-27(41)33(47)38-23-11-29(43(3)16-23)35(49)40-24-12-30(44(4)17-24)34(48)39-22-10-28(42(2)15-22)32(46)37-20-6-5-19-7-25(56(50,51)52)13-31(26(19)8-20)57(53,54)55;;/h5-18H,1-4H3,(H,36,45)(H,37,46)(H,38,47)(H,39,48)(H,40,49)(H,50,51,52)(H,53,54,55);;/q;2*+1/p-2. The van der Waals surface area contributed by atoms with E-state index in [0.717, 1.165) is 12.1 Å². The van der Waals surface area contributed by atoms with Gasteiger partial charge in [-0.1, -0.05) is 6.07 Å². The molecule has 20 nitrogen and oxygen atoms in total. The fourth-order valence-corrected chi connectivity index (χ4v) is 7.35. The van der Waals surface area contributed by atoms with Crippen molar-refractivity contribution in [3.63, 3.8) is 0 Å². The van der Waals surface area contributed by atoms with Crippen LogP contribution in [-0.2, 0) is 53.2 Å². The molecule has 24 heteroatoms. The number of amides is 5. The quantitative estimate of drug-likeness (QED) is 0.0459. The molecule has 0 saturated carbocycles. The third kappa shape index (κ3) is 11.0. The van der Waals surface area contributed by atoms with Crippen molar-refractivity contribution in [3.05, 3.63) is 102 Å². The molecule has 5 N–H and O–H groups in total. The van der Waals surface area contributed by atoms with Crippen LogP contribution in [0.25, 0.3) is 10.8 Å². The minimum Gasteiger partial charge on any atom is -0.744 e. The summed E-state index contributed by atoms with van der Waals surface area (Å²) in [4.78, 5) is 61.5. The van der Waals surface area contributed by atoms with Crippen LogP contribution in [0.15, 0.2) is 89.2 Å². The van der Waals surface area contributed by atoms with Crippen molar-refractivity contribution in [1.82, 2.24) is 18.3 Å². The Bertz CT molecular complexity index is 2900. The Labute approximate surface area is 421 Å². The summed E-state index contributed by atoms with van der Waals surface area (Å²) in [7, 11) is -3.98. The van der Waals surface area contributed by atoms with Crippen molar-refractivity contribution in [3.8, 4) is 0 Å². The molecule has 59 heavy (non-hydrogen) atoms. The molecule has 296 valence electrons. The second-order valence-corrected chi connectivity index (χ2v) is 15.5. The minimum atomic E-state index is -5.24. The van der Waals surface area contributed by atoms with Crippen LogP contribution in [0.1, 0.15) is 42.0 Å². The van der Waals surface area contributed by atoms with E-state index in [0.29, 0.717) is 23.9 Å². The Morgan fingerprint density at radius 1 is 0.525 bits per heavy atom. The van der Waals surface area contributed by atoms with E-state index in [2.05, 4.69) is 26.6 Å². The second-order valence-electron chi connectivity index (χ2n) is 12.7. The third-order valence-corrected chi connectivity index (χ3v) is 10.3. The van der Waals surface area contributed by atoms with E-state index in [1.54, 1.807) is 33.5 Å². The molecule has 0 saturated heterocycles. The first-order valence-corrected chi connectivity index (χ1v) is 19.1. The molecule has 0 fully saturated rings. The maximum absolute atomic E-state index is 13.3. The average Bonchev–Trinajstić information content (AvgIpc) is 3.88. The predicted octanol–water partition coefficient (Wildman–Crippen LogP) is -3.41. The smallest absolute Gasteiger partial charge is 0.744 e. The number of hydrogen-bond donors (Lipinski definition) is 5. The first kappa shape index (κ1) is 47.9. The third-order valence-electron chi connectivity index (χ3n) is 8.66. The molecule has 0 atom stereocenters. The molecule has 0 aliphatic heterocycles. The Hall–Kier alpha value is -3.74. The number of nitrogens with one attached hydrogen (secondary N) is 5. The number of rotatable bonds is 12. The van der Waals surface area contributed by atoms with E-state index in [1.165, 1.54) is 74.1 Å². The van der Waals surface area contributed by atoms with E-state index in [1.807, 2.05) is 0 Å². The molecular weight excluding hydrogens is 865 g/mol. The van der Waals surface area contributed by atoms with Crippen LogP contribution in [-0.4, -0.2) is 74.2 Å². The van der Waals surface area contributed by atoms with Gasteiger partial charge in [0.25, 0.3) is 23.6 Å². The Balaban J connectivity index is 0.00000384. The van der Waals surface area contributed by atoms with Crippen molar-refractivity contribution in [1.29, 1.82) is 0 Å². The first-order valence-electron chi connectivity index (χ1n) is 16.3.